The number of rotatable bonds is 40. The van der Waals surface area contributed by atoms with Gasteiger partial charge in [0.1, 0.15) is 51.7 Å². The van der Waals surface area contributed by atoms with Gasteiger partial charge in [-0.15, -0.1) is 0 Å². The molecule has 87 heavy (non-hydrogen) atoms. The lowest BCUT2D eigenvalue weighted by molar-refractivity contribution is -0.171. The minimum Gasteiger partial charge on any atom is -0.466 e. The van der Waals surface area contributed by atoms with Crippen molar-refractivity contribution in [1.29, 1.82) is 0 Å². The average Bonchev–Trinajstić information content (AvgIpc) is 1.23. The molecule has 0 aliphatic heterocycles. The third-order valence-electron chi connectivity index (χ3n) is 10.6. The van der Waals surface area contributed by atoms with Crippen molar-refractivity contribution in [3.8, 4) is 0 Å². The van der Waals surface area contributed by atoms with E-state index in [1.165, 1.54) is 0 Å². The Morgan fingerprint density at radius 1 is 0.299 bits per heavy atom. The molecule has 0 aromatic carbocycles. The third kappa shape index (κ3) is 46.2. The number of hydrogen-bond donors (Lipinski definition) is 8. The van der Waals surface area contributed by atoms with Gasteiger partial charge in [-0.2, -0.15) is 101 Å². The van der Waals surface area contributed by atoms with Crippen molar-refractivity contribution >= 4 is 155 Å². The van der Waals surface area contributed by atoms with Gasteiger partial charge >= 0.3 is 70.8 Å². The second-order valence-corrected chi connectivity index (χ2v) is 28.3. The molecule has 1 heterocycles. The molecule has 0 aliphatic carbocycles. The number of thiol groups is 8. The topological polar surface area (TPSA) is 303 Å². The van der Waals surface area contributed by atoms with E-state index in [4.69, 9.17) is 42.6 Å². The first-order valence-electron chi connectivity index (χ1n) is 28.3. The SMILES string of the molecule is CC(C)CC(=O)OCCn1c(=O)n(CCOC(=O)CC(C)S)c(=O)n(CCOC(=O)CC(C)S)c1=O.CC(S)CC(=O)OCC(COC(=O)CC(C)S)(COC(=O)CC(C)S)COC(=O)CC(C)S.CC(S)CC(=O)OCCCCOC(=O)CC(C)S. The lowest BCUT2D eigenvalue weighted by atomic mass is 9.92. The summed E-state index contributed by atoms with van der Waals surface area (Å²) in [5.74, 6) is -4.15. The van der Waals surface area contributed by atoms with Gasteiger partial charge in [-0.05, 0) is 18.8 Å². The van der Waals surface area contributed by atoms with E-state index in [2.05, 4.69) is 101 Å². The van der Waals surface area contributed by atoms with Crippen LogP contribution in [0.15, 0.2) is 14.4 Å². The summed E-state index contributed by atoms with van der Waals surface area (Å²) in [6, 6.07) is 0. The molecule has 1 rings (SSSR count). The van der Waals surface area contributed by atoms with E-state index in [-0.39, 0.29) is 171 Å². The zero-order chi connectivity index (χ0) is 67.0. The number of carbonyl (C=O) groups excluding carboxylic acids is 9. The number of aromatic nitrogens is 3. The highest BCUT2D eigenvalue weighted by Crippen LogP contribution is 2.24. The maximum Gasteiger partial charge on any atom is 0.336 e. The summed E-state index contributed by atoms with van der Waals surface area (Å²) in [6.07, 6.45) is 2.45. The lowest BCUT2D eigenvalue weighted by Crippen LogP contribution is -2.55. The Morgan fingerprint density at radius 3 is 0.655 bits per heavy atom. The molecular formula is C55H93N3O21S8. The molecule has 0 amide bonds. The van der Waals surface area contributed by atoms with Gasteiger partial charge in [-0.3, -0.25) is 43.2 Å². The Labute approximate surface area is 554 Å². The normalized spacial score (nSPS) is 14.4. The van der Waals surface area contributed by atoms with Gasteiger partial charge in [0, 0.05) is 48.4 Å². The molecule has 32 heteroatoms. The number of esters is 9. The predicted molar refractivity (Wildman–Crippen MR) is 353 cm³/mol. The first-order chi connectivity index (χ1) is 40.5. The Morgan fingerprint density at radius 2 is 0.471 bits per heavy atom. The fourth-order valence-electron chi connectivity index (χ4n) is 6.56. The van der Waals surface area contributed by atoms with Crippen LogP contribution in [0.5, 0.6) is 0 Å². The summed E-state index contributed by atoms with van der Waals surface area (Å²) < 4.78 is 48.8. The second-order valence-electron chi connectivity index (χ2n) is 21.3. The van der Waals surface area contributed by atoms with Crippen LogP contribution >= 0.6 is 101 Å². The van der Waals surface area contributed by atoms with Gasteiger partial charge in [0.05, 0.1) is 84.2 Å². The van der Waals surface area contributed by atoms with Crippen LogP contribution in [-0.2, 0) is 105 Å². The molecule has 502 valence electrons. The monoisotopic (exact) mass is 1390 g/mol. The molecule has 0 aliphatic rings. The van der Waals surface area contributed by atoms with Crippen molar-refractivity contribution in [2.45, 2.75) is 202 Å². The van der Waals surface area contributed by atoms with Crippen LogP contribution < -0.4 is 17.1 Å². The van der Waals surface area contributed by atoms with Crippen molar-refractivity contribution in [2.75, 3.05) is 59.5 Å². The highest BCUT2D eigenvalue weighted by molar-refractivity contribution is 7.82. The van der Waals surface area contributed by atoms with Crippen molar-refractivity contribution in [2.24, 2.45) is 11.3 Å². The van der Waals surface area contributed by atoms with E-state index >= 15 is 0 Å². The molecule has 0 radical (unpaired) electrons. The molecule has 0 saturated carbocycles. The molecule has 8 unspecified atom stereocenters. The maximum absolute atomic E-state index is 12.9. The van der Waals surface area contributed by atoms with E-state index in [1.54, 1.807) is 41.5 Å². The molecule has 0 fully saturated rings. The van der Waals surface area contributed by atoms with E-state index in [0.29, 0.717) is 38.9 Å². The first-order valence-corrected chi connectivity index (χ1v) is 32.4. The average molecular weight is 1390 g/mol. The second kappa shape index (κ2) is 48.3. The first kappa shape index (κ1) is 85.5. The van der Waals surface area contributed by atoms with E-state index in [0.717, 1.165) is 13.7 Å². The van der Waals surface area contributed by atoms with E-state index in [1.807, 2.05) is 27.7 Å². The van der Waals surface area contributed by atoms with Crippen molar-refractivity contribution < 1.29 is 85.8 Å². The van der Waals surface area contributed by atoms with Crippen molar-refractivity contribution in [3.05, 3.63) is 31.5 Å². The third-order valence-corrected chi connectivity index (χ3v) is 12.1. The van der Waals surface area contributed by atoms with Gasteiger partial charge in [-0.1, -0.05) is 69.2 Å². The summed E-state index contributed by atoms with van der Waals surface area (Å²) in [7, 11) is 0. The summed E-state index contributed by atoms with van der Waals surface area (Å²) in [5, 5.41) is -1.35. The number of carbonyl (C=O) groups is 9. The fraction of sp³-hybridized carbons (Fsp3) is 0.782. The van der Waals surface area contributed by atoms with Gasteiger partial charge in [0.2, 0.25) is 0 Å². The largest absolute Gasteiger partial charge is 0.466 e. The molecular weight excluding hydrogens is 1300 g/mol. The van der Waals surface area contributed by atoms with Crippen LogP contribution in [0.1, 0.15) is 140 Å². The van der Waals surface area contributed by atoms with Gasteiger partial charge < -0.3 is 42.6 Å². The quantitative estimate of drug-likeness (QED) is 0.0174. The van der Waals surface area contributed by atoms with E-state index in [9.17, 15) is 57.5 Å². The molecule has 24 nitrogen and oxygen atoms in total. The minimum atomic E-state index is -1.30. The number of ether oxygens (including phenoxy) is 9. The lowest BCUT2D eigenvalue weighted by Gasteiger charge is -2.32. The minimum absolute atomic E-state index is 0.0154. The molecule has 1 aromatic heterocycles. The van der Waals surface area contributed by atoms with Crippen LogP contribution in [0.3, 0.4) is 0 Å². The van der Waals surface area contributed by atoms with Crippen molar-refractivity contribution in [3.63, 3.8) is 0 Å². The van der Waals surface area contributed by atoms with Crippen LogP contribution in [0.2, 0.25) is 0 Å². The van der Waals surface area contributed by atoms with Gasteiger partial charge in [0.15, 0.2) is 0 Å². The summed E-state index contributed by atoms with van der Waals surface area (Å²) in [6.45, 7) is 15.5. The number of nitrogens with zero attached hydrogens (tertiary/aromatic N) is 3. The summed E-state index contributed by atoms with van der Waals surface area (Å²) >= 11 is 33.1. The standard InChI is InChI=1S/C22H35N3O9S2.C21H36O8S4.C12H22O4S2/c1-14(2)11-17(26)32-8-5-23-20(29)24(6-9-33-18(27)12-15(3)35)22(31)25(21(23)30)7-10-34-19(28)13-16(4)36;1-13(30)5-17(22)26-9-21(10-27-18(23)6-14(2)31,11-28-19(24)7-15(3)32)12-29-20(25)8-16(4)33;1-9(17)7-11(13)15-5-3-4-6-16-12(14)8-10(2)18/h14-16,35-36H,5-13H2,1-4H3;13-16,30-33H,5-12H2,1-4H3;9-10,17-18H,3-8H2,1-2H3. The smallest absolute Gasteiger partial charge is 0.336 e. The highest BCUT2D eigenvalue weighted by atomic mass is 32.1. The Balaban J connectivity index is 0. The Kier molecular flexibility index (Phi) is 47.4. The Bertz CT molecular complexity index is 2150. The van der Waals surface area contributed by atoms with Gasteiger partial charge in [0.25, 0.3) is 0 Å². The summed E-state index contributed by atoms with van der Waals surface area (Å²) in [5.41, 5.74) is -4.13. The Hall–Kier alpha value is -3.56. The number of unbranched alkanes of at least 4 members (excludes halogenated alkanes) is 1. The zero-order valence-electron chi connectivity index (χ0n) is 51.5. The van der Waals surface area contributed by atoms with E-state index < -0.39 is 64.3 Å². The molecule has 0 spiro atoms. The fourth-order valence-corrected chi connectivity index (χ4v) is 7.76. The number of hydrogen-bond acceptors (Lipinski definition) is 29. The molecule has 1 aromatic rings. The summed E-state index contributed by atoms with van der Waals surface area (Å²) in [4.78, 5) is 145. The van der Waals surface area contributed by atoms with Crippen LogP contribution in [0, 0.1) is 11.3 Å². The van der Waals surface area contributed by atoms with Crippen LogP contribution in [-0.4, -0.2) is 169 Å². The molecule has 8 atom stereocenters. The molecule has 0 N–H and O–H groups in total. The predicted octanol–water partition coefficient (Wildman–Crippen LogP) is 5.51. The molecule has 0 saturated heterocycles. The van der Waals surface area contributed by atoms with Crippen LogP contribution in [0.25, 0.3) is 0 Å². The van der Waals surface area contributed by atoms with Gasteiger partial charge in [-0.25, -0.2) is 28.1 Å². The van der Waals surface area contributed by atoms with Crippen molar-refractivity contribution in [1.82, 2.24) is 13.7 Å². The highest BCUT2D eigenvalue weighted by Gasteiger charge is 2.38. The zero-order valence-corrected chi connectivity index (χ0v) is 58.6. The van der Waals surface area contributed by atoms with Crippen LogP contribution in [0.4, 0.5) is 0 Å². The maximum atomic E-state index is 12.9. The molecule has 0 bridgehead atoms.